The molecule has 0 radical (unpaired) electrons. The molecule has 0 saturated carbocycles. The van der Waals surface area contributed by atoms with Crippen LogP contribution in [-0.4, -0.2) is 45.7 Å². The summed E-state index contributed by atoms with van der Waals surface area (Å²) in [5.74, 6) is -0.547. The standard InChI is InChI=1S/C25H35NO5Si/c1-24(2,3)30-23(28)26-18-21(22(27)29-7)31-32(25(4,5)6,19-14-10-8-11-15-19)20-16-12-9-13-17-20/h8-17,21H,18H2,1-7H3,(H,26,28)/t21-/m0/s1. The van der Waals surface area contributed by atoms with Crippen LogP contribution in [0.3, 0.4) is 0 Å². The highest BCUT2D eigenvalue weighted by atomic mass is 28.4. The van der Waals surface area contributed by atoms with E-state index in [1.807, 2.05) is 60.7 Å². The monoisotopic (exact) mass is 457 g/mol. The van der Waals surface area contributed by atoms with E-state index in [1.165, 1.54) is 7.11 Å². The number of alkyl carbamates (subject to hydrolysis) is 1. The minimum Gasteiger partial charge on any atom is -0.467 e. The molecule has 1 amide bonds. The summed E-state index contributed by atoms with van der Waals surface area (Å²) in [4.78, 5) is 25.0. The predicted octanol–water partition coefficient (Wildman–Crippen LogP) is 3.63. The Hall–Kier alpha value is -2.64. The first-order chi connectivity index (χ1) is 14.9. The molecule has 0 aliphatic rings. The van der Waals surface area contributed by atoms with Gasteiger partial charge in [-0.05, 0) is 36.2 Å². The third kappa shape index (κ3) is 6.20. The number of benzene rings is 2. The average Bonchev–Trinajstić information content (AvgIpc) is 2.72. The molecule has 1 N–H and O–H groups in total. The van der Waals surface area contributed by atoms with Crippen molar-refractivity contribution in [1.82, 2.24) is 5.32 Å². The maximum atomic E-state index is 12.8. The summed E-state index contributed by atoms with van der Waals surface area (Å²) in [6.45, 7) is 11.6. The average molecular weight is 458 g/mol. The molecule has 0 heterocycles. The number of amides is 1. The lowest BCUT2D eigenvalue weighted by atomic mass is 10.2. The van der Waals surface area contributed by atoms with Gasteiger partial charge < -0.3 is 19.2 Å². The molecule has 0 bridgehead atoms. The molecule has 2 aromatic rings. The first-order valence-electron chi connectivity index (χ1n) is 10.7. The highest BCUT2D eigenvalue weighted by Gasteiger charge is 2.52. The molecule has 0 fully saturated rings. The molecule has 32 heavy (non-hydrogen) atoms. The maximum Gasteiger partial charge on any atom is 0.407 e. The molecule has 2 rings (SSSR count). The summed E-state index contributed by atoms with van der Waals surface area (Å²) in [5.41, 5.74) is -0.649. The van der Waals surface area contributed by atoms with Crippen molar-refractivity contribution in [3.05, 3.63) is 60.7 Å². The van der Waals surface area contributed by atoms with Gasteiger partial charge in [-0.2, -0.15) is 0 Å². The Bertz CT molecular complexity index is 849. The van der Waals surface area contributed by atoms with Crippen LogP contribution in [0.2, 0.25) is 5.04 Å². The van der Waals surface area contributed by atoms with E-state index in [9.17, 15) is 9.59 Å². The Balaban J connectivity index is 2.51. The van der Waals surface area contributed by atoms with Crippen molar-refractivity contribution in [3.63, 3.8) is 0 Å². The van der Waals surface area contributed by atoms with E-state index in [1.54, 1.807) is 20.8 Å². The second-order valence-corrected chi connectivity index (χ2v) is 13.9. The zero-order valence-electron chi connectivity index (χ0n) is 20.1. The summed E-state index contributed by atoms with van der Waals surface area (Å²) in [6.07, 6.45) is -1.61. The van der Waals surface area contributed by atoms with Crippen LogP contribution in [-0.2, 0) is 18.7 Å². The van der Waals surface area contributed by atoms with Gasteiger partial charge >= 0.3 is 12.1 Å². The molecular formula is C25H35NO5Si. The fourth-order valence-corrected chi connectivity index (χ4v) is 8.32. The Labute approximate surface area is 192 Å². The summed E-state index contributed by atoms with van der Waals surface area (Å²) < 4.78 is 17.2. The molecule has 0 unspecified atom stereocenters. The van der Waals surface area contributed by atoms with Gasteiger partial charge in [0.15, 0.2) is 6.10 Å². The molecule has 7 heteroatoms. The topological polar surface area (TPSA) is 73.9 Å². The van der Waals surface area contributed by atoms with Crippen molar-refractivity contribution < 1.29 is 23.5 Å². The van der Waals surface area contributed by atoms with Gasteiger partial charge in [-0.1, -0.05) is 81.4 Å². The Morgan fingerprint density at radius 1 is 0.875 bits per heavy atom. The van der Waals surface area contributed by atoms with Crippen molar-refractivity contribution in [2.24, 2.45) is 0 Å². The van der Waals surface area contributed by atoms with Crippen molar-refractivity contribution in [3.8, 4) is 0 Å². The van der Waals surface area contributed by atoms with Crippen LogP contribution in [0.5, 0.6) is 0 Å². The minimum atomic E-state index is -3.00. The molecule has 0 aliphatic heterocycles. The number of carbonyl (C=O) groups excluding carboxylic acids is 2. The van der Waals surface area contributed by atoms with Gasteiger partial charge in [0, 0.05) is 0 Å². The lowest BCUT2D eigenvalue weighted by molar-refractivity contribution is -0.148. The van der Waals surface area contributed by atoms with E-state index in [-0.39, 0.29) is 11.6 Å². The highest BCUT2D eigenvalue weighted by Crippen LogP contribution is 2.37. The SMILES string of the molecule is COC(=O)[C@H](CNC(=O)OC(C)(C)C)O[Si](c1ccccc1)(c1ccccc1)C(C)(C)C. The smallest absolute Gasteiger partial charge is 0.407 e. The number of hydrogen-bond donors (Lipinski definition) is 1. The summed E-state index contributed by atoms with van der Waals surface area (Å²) >= 11 is 0. The van der Waals surface area contributed by atoms with Crippen LogP contribution < -0.4 is 15.7 Å². The molecule has 174 valence electrons. The van der Waals surface area contributed by atoms with E-state index in [0.29, 0.717) is 0 Å². The van der Waals surface area contributed by atoms with Gasteiger partial charge in [-0.3, -0.25) is 0 Å². The van der Waals surface area contributed by atoms with Crippen LogP contribution in [0.25, 0.3) is 0 Å². The van der Waals surface area contributed by atoms with E-state index < -0.39 is 32.1 Å². The van der Waals surface area contributed by atoms with Crippen molar-refractivity contribution in [2.45, 2.75) is 58.3 Å². The van der Waals surface area contributed by atoms with Gasteiger partial charge in [0.2, 0.25) is 0 Å². The first-order valence-corrected chi connectivity index (χ1v) is 12.6. The molecule has 0 saturated heterocycles. The minimum absolute atomic E-state index is 0.0634. The number of ether oxygens (including phenoxy) is 2. The molecule has 1 atom stereocenters. The molecule has 6 nitrogen and oxygen atoms in total. The molecule has 0 aliphatic carbocycles. The zero-order chi connectivity index (χ0) is 24.0. The summed E-state index contributed by atoms with van der Waals surface area (Å²) in [5, 5.41) is 4.41. The van der Waals surface area contributed by atoms with Gasteiger partial charge in [0.1, 0.15) is 5.60 Å². The van der Waals surface area contributed by atoms with Crippen molar-refractivity contribution >= 4 is 30.8 Å². The molecule has 0 spiro atoms. The summed E-state index contributed by atoms with van der Waals surface area (Å²) in [7, 11) is -1.69. The highest BCUT2D eigenvalue weighted by molar-refractivity contribution is 6.99. The lowest BCUT2D eigenvalue weighted by Gasteiger charge is -2.44. The van der Waals surface area contributed by atoms with E-state index in [4.69, 9.17) is 13.9 Å². The number of hydrogen-bond acceptors (Lipinski definition) is 5. The van der Waals surface area contributed by atoms with Crippen molar-refractivity contribution in [2.75, 3.05) is 13.7 Å². The van der Waals surface area contributed by atoms with Crippen LogP contribution in [0.15, 0.2) is 60.7 Å². The number of carbonyl (C=O) groups is 2. The van der Waals surface area contributed by atoms with Crippen LogP contribution in [0, 0.1) is 0 Å². The quantitative estimate of drug-likeness (QED) is 0.508. The van der Waals surface area contributed by atoms with Gasteiger partial charge in [0.25, 0.3) is 8.32 Å². The number of esters is 1. The van der Waals surface area contributed by atoms with Crippen LogP contribution in [0.4, 0.5) is 4.79 Å². The normalized spacial score (nSPS) is 13.2. The van der Waals surface area contributed by atoms with Gasteiger partial charge in [0.05, 0.1) is 13.7 Å². The lowest BCUT2D eigenvalue weighted by Crippen LogP contribution is -2.69. The summed E-state index contributed by atoms with van der Waals surface area (Å²) in [6, 6.07) is 20.0. The molecule has 0 aromatic heterocycles. The van der Waals surface area contributed by atoms with Gasteiger partial charge in [-0.15, -0.1) is 0 Å². The fourth-order valence-electron chi connectivity index (χ4n) is 3.70. The Morgan fingerprint density at radius 3 is 1.72 bits per heavy atom. The molecule has 2 aromatic carbocycles. The number of rotatable bonds is 7. The Morgan fingerprint density at radius 2 is 1.34 bits per heavy atom. The van der Waals surface area contributed by atoms with Gasteiger partial charge in [-0.25, -0.2) is 9.59 Å². The number of methoxy groups -OCH3 is 1. The Kier molecular flexibility index (Phi) is 8.26. The third-order valence-corrected chi connectivity index (χ3v) is 10.1. The third-order valence-electron chi connectivity index (χ3n) is 5.03. The second-order valence-electron chi connectivity index (χ2n) is 9.68. The zero-order valence-corrected chi connectivity index (χ0v) is 21.1. The number of nitrogens with one attached hydrogen (secondary N) is 1. The van der Waals surface area contributed by atoms with Crippen LogP contribution >= 0.6 is 0 Å². The largest absolute Gasteiger partial charge is 0.467 e. The first kappa shape index (κ1) is 25.6. The van der Waals surface area contributed by atoms with Crippen molar-refractivity contribution in [1.29, 1.82) is 0 Å². The van der Waals surface area contributed by atoms with Crippen LogP contribution in [0.1, 0.15) is 41.5 Å². The maximum absolute atomic E-state index is 12.8. The second kappa shape index (κ2) is 10.3. The van der Waals surface area contributed by atoms with E-state index >= 15 is 0 Å². The predicted molar refractivity (Wildman–Crippen MR) is 129 cm³/mol. The van der Waals surface area contributed by atoms with E-state index in [0.717, 1.165) is 10.4 Å². The molecular weight excluding hydrogens is 422 g/mol. The fraction of sp³-hybridized carbons (Fsp3) is 0.440. The van der Waals surface area contributed by atoms with E-state index in [2.05, 4.69) is 26.1 Å².